The van der Waals surface area contributed by atoms with Gasteiger partial charge in [0.05, 0.1) is 24.5 Å². The van der Waals surface area contributed by atoms with Crippen molar-refractivity contribution >= 4 is 0 Å². The maximum atomic E-state index is 5.65. The van der Waals surface area contributed by atoms with Crippen LogP contribution in [0.2, 0.25) is 0 Å². The quantitative estimate of drug-likeness (QED) is 0.815. The number of rotatable bonds is 7. The van der Waals surface area contributed by atoms with E-state index in [0.717, 1.165) is 35.8 Å². The molecule has 2 N–H and O–H groups in total. The van der Waals surface area contributed by atoms with Gasteiger partial charge >= 0.3 is 0 Å². The number of hydrogen-bond acceptors (Lipinski definition) is 3. The number of nitrogens with one attached hydrogen (secondary N) is 2. The number of hydrogen-bond donors (Lipinski definition) is 2. The Hall–Kier alpha value is -1.81. The van der Waals surface area contributed by atoms with Crippen LogP contribution in [0.5, 0.6) is 5.75 Å². The summed E-state index contributed by atoms with van der Waals surface area (Å²) in [6, 6.07) is 8.60. The molecular formula is C17H25N3O. The molecule has 0 aliphatic rings. The Morgan fingerprint density at radius 2 is 1.90 bits per heavy atom. The summed E-state index contributed by atoms with van der Waals surface area (Å²) in [6.45, 7) is 9.17. The number of aromatic amines is 1. The molecule has 2 rings (SSSR count). The Morgan fingerprint density at radius 3 is 2.52 bits per heavy atom. The molecule has 1 unspecified atom stereocenters. The first-order chi connectivity index (χ1) is 10.1. The Labute approximate surface area is 127 Å². The molecule has 1 aromatic heterocycles. The lowest BCUT2D eigenvalue weighted by atomic mass is 10.1. The first kappa shape index (κ1) is 15.6. The topological polar surface area (TPSA) is 49.9 Å². The first-order valence-corrected chi connectivity index (χ1v) is 7.62. The Kier molecular flexibility index (Phi) is 5.39. The molecule has 0 fully saturated rings. The van der Waals surface area contributed by atoms with Gasteiger partial charge in [-0.25, -0.2) is 4.98 Å². The summed E-state index contributed by atoms with van der Waals surface area (Å²) in [5, 5.41) is 3.43. The summed E-state index contributed by atoms with van der Waals surface area (Å²) in [5.41, 5.74) is 2.15. The maximum Gasteiger partial charge on any atom is 0.120 e. The summed E-state index contributed by atoms with van der Waals surface area (Å²) in [7, 11) is 0. The second-order valence-corrected chi connectivity index (χ2v) is 5.62. The van der Waals surface area contributed by atoms with Crippen molar-refractivity contribution in [1.82, 2.24) is 15.3 Å². The molecule has 0 saturated carbocycles. The highest BCUT2D eigenvalue weighted by Gasteiger charge is 2.05. The maximum absolute atomic E-state index is 5.65. The molecular weight excluding hydrogens is 262 g/mol. The molecule has 0 spiro atoms. The highest BCUT2D eigenvalue weighted by molar-refractivity contribution is 5.59. The number of aromatic nitrogens is 2. The molecule has 114 valence electrons. The lowest BCUT2D eigenvalue weighted by Crippen LogP contribution is -2.24. The van der Waals surface area contributed by atoms with Crippen LogP contribution in [0, 0.1) is 0 Å². The fraction of sp³-hybridized carbons (Fsp3) is 0.471. The number of nitrogens with zero attached hydrogens (tertiary/aromatic N) is 1. The molecule has 4 heteroatoms. The molecule has 0 aliphatic carbocycles. The summed E-state index contributed by atoms with van der Waals surface area (Å²) >= 11 is 0. The van der Waals surface area contributed by atoms with Crippen molar-refractivity contribution in [2.75, 3.05) is 0 Å². The smallest absolute Gasteiger partial charge is 0.120 e. The number of benzene rings is 1. The third-order valence-electron chi connectivity index (χ3n) is 3.40. The van der Waals surface area contributed by atoms with E-state index in [2.05, 4.69) is 41.3 Å². The molecule has 0 radical (unpaired) electrons. The normalized spacial score (nSPS) is 12.6. The van der Waals surface area contributed by atoms with Gasteiger partial charge in [0.15, 0.2) is 0 Å². The van der Waals surface area contributed by atoms with Gasteiger partial charge in [0.25, 0.3) is 0 Å². The minimum Gasteiger partial charge on any atom is -0.491 e. The van der Waals surface area contributed by atoms with Crippen molar-refractivity contribution in [2.45, 2.75) is 52.8 Å². The van der Waals surface area contributed by atoms with E-state index in [9.17, 15) is 0 Å². The average molecular weight is 287 g/mol. The highest BCUT2D eigenvalue weighted by atomic mass is 16.5. The summed E-state index contributed by atoms with van der Waals surface area (Å²) < 4.78 is 5.65. The average Bonchev–Trinajstić information content (AvgIpc) is 2.94. The minimum atomic E-state index is 0.196. The van der Waals surface area contributed by atoms with Gasteiger partial charge in [-0.15, -0.1) is 0 Å². The standard InChI is InChI=1S/C17H25N3O/c1-5-13(4)18-11-17-19-10-16(20-17)14-6-8-15(9-7-14)21-12(2)3/h6-10,12-13,18H,5,11H2,1-4H3,(H,19,20). The minimum absolute atomic E-state index is 0.196. The van der Waals surface area contributed by atoms with Crippen molar-refractivity contribution in [3.63, 3.8) is 0 Å². The van der Waals surface area contributed by atoms with Gasteiger partial charge in [0.2, 0.25) is 0 Å². The molecule has 0 aliphatic heterocycles. The van der Waals surface area contributed by atoms with Crippen LogP contribution in [0.25, 0.3) is 11.3 Å². The summed E-state index contributed by atoms with van der Waals surface area (Å²) in [5.74, 6) is 1.86. The van der Waals surface area contributed by atoms with E-state index < -0.39 is 0 Å². The molecule has 1 atom stereocenters. The van der Waals surface area contributed by atoms with Gasteiger partial charge in [-0.1, -0.05) is 6.92 Å². The summed E-state index contributed by atoms with van der Waals surface area (Å²) in [4.78, 5) is 7.78. The lowest BCUT2D eigenvalue weighted by Gasteiger charge is -2.10. The fourth-order valence-electron chi connectivity index (χ4n) is 2.00. The molecule has 0 saturated heterocycles. The van der Waals surface area contributed by atoms with Crippen LogP contribution in [-0.2, 0) is 6.54 Å². The van der Waals surface area contributed by atoms with E-state index in [0.29, 0.717) is 6.04 Å². The van der Waals surface area contributed by atoms with Crippen molar-refractivity contribution in [3.05, 3.63) is 36.3 Å². The largest absolute Gasteiger partial charge is 0.491 e. The molecule has 4 nitrogen and oxygen atoms in total. The van der Waals surface area contributed by atoms with E-state index in [1.165, 1.54) is 0 Å². The van der Waals surface area contributed by atoms with Crippen LogP contribution in [0.3, 0.4) is 0 Å². The molecule has 1 aromatic carbocycles. The number of H-pyrrole nitrogens is 1. The van der Waals surface area contributed by atoms with Crippen LogP contribution in [0.4, 0.5) is 0 Å². The van der Waals surface area contributed by atoms with Gasteiger partial charge in [-0.2, -0.15) is 0 Å². The van der Waals surface area contributed by atoms with Gasteiger partial charge in [0.1, 0.15) is 11.6 Å². The van der Waals surface area contributed by atoms with E-state index >= 15 is 0 Å². The number of imidazole rings is 1. The van der Waals surface area contributed by atoms with E-state index in [1.807, 2.05) is 32.2 Å². The molecule has 0 amide bonds. The zero-order valence-electron chi connectivity index (χ0n) is 13.3. The van der Waals surface area contributed by atoms with Crippen molar-refractivity contribution in [3.8, 4) is 17.0 Å². The van der Waals surface area contributed by atoms with Crippen LogP contribution in [0.15, 0.2) is 30.5 Å². The van der Waals surface area contributed by atoms with Gasteiger partial charge in [0, 0.05) is 6.04 Å². The Bertz CT molecular complexity index is 545. The second kappa shape index (κ2) is 7.27. The van der Waals surface area contributed by atoms with Gasteiger partial charge < -0.3 is 15.0 Å². The molecule has 2 aromatic rings. The van der Waals surface area contributed by atoms with Gasteiger partial charge in [-0.3, -0.25) is 0 Å². The number of ether oxygens (including phenoxy) is 1. The van der Waals surface area contributed by atoms with E-state index in [4.69, 9.17) is 4.74 Å². The monoisotopic (exact) mass is 287 g/mol. The fourth-order valence-corrected chi connectivity index (χ4v) is 2.00. The van der Waals surface area contributed by atoms with Crippen LogP contribution in [-0.4, -0.2) is 22.1 Å². The predicted octanol–water partition coefficient (Wildman–Crippen LogP) is 3.75. The zero-order chi connectivity index (χ0) is 15.2. The van der Waals surface area contributed by atoms with Crippen LogP contribution in [0.1, 0.15) is 39.9 Å². The van der Waals surface area contributed by atoms with Crippen LogP contribution < -0.4 is 10.1 Å². The SMILES string of the molecule is CCC(C)NCc1ncc(-c2ccc(OC(C)C)cc2)[nH]1. The van der Waals surface area contributed by atoms with Crippen molar-refractivity contribution < 1.29 is 4.74 Å². The molecule has 21 heavy (non-hydrogen) atoms. The van der Waals surface area contributed by atoms with Crippen LogP contribution >= 0.6 is 0 Å². The Morgan fingerprint density at radius 1 is 1.19 bits per heavy atom. The first-order valence-electron chi connectivity index (χ1n) is 7.62. The van der Waals surface area contributed by atoms with Gasteiger partial charge in [-0.05, 0) is 57.0 Å². The predicted molar refractivity (Wildman–Crippen MR) is 86.4 cm³/mol. The Balaban J connectivity index is 2.00. The second-order valence-electron chi connectivity index (χ2n) is 5.62. The van der Waals surface area contributed by atoms with Crippen molar-refractivity contribution in [2.24, 2.45) is 0 Å². The molecule has 1 heterocycles. The third-order valence-corrected chi connectivity index (χ3v) is 3.40. The lowest BCUT2D eigenvalue weighted by molar-refractivity contribution is 0.242. The highest BCUT2D eigenvalue weighted by Crippen LogP contribution is 2.21. The zero-order valence-corrected chi connectivity index (χ0v) is 13.3. The van der Waals surface area contributed by atoms with E-state index in [1.54, 1.807) is 0 Å². The van der Waals surface area contributed by atoms with E-state index in [-0.39, 0.29) is 6.10 Å². The summed E-state index contributed by atoms with van der Waals surface area (Å²) in [6.07, 6.45) is 3.19. The van der Waals surface area contributed by atoms with Crippen molar-refractivity contribution in [1.29, 1.82) is 0 Å². The third kappa shape index (κ3) is 4.60. The molecule has 0 bridgehead atoms.